The summed E-state index contributed by atoms with van der Waals surface area (Å²) >= 11 is 0. The Morgan fingerprint density at radius 1 is 1.38 bits per heavy atom. The molecule has 0 atom stereocenters. The third-order valence-corrected chi connectivity index (χ3v) is 2.49. The molecule has 0 aromatic carbocycles. The lowest BCUT2D eigenvalue weighted by Gasteiger charge is -2.33. The normalized spacial score (nSPS) is 17.2. The van der Waals surface area contributed by atoms with Crippen LogP contribution >= 0.6 is 0 Å². The van der Waals surface area contributed by atoms with E-state index in [1.54, 1.807) is 4.90 Å². The molecule has 0 unspecified atom stereocenters. The zero-order valence-corrected chi connectivity index (χ0v) is 10.1. The minimum Gasteiger partial charge on any atom is -0.449 e. The molecular weight excluding hydrogens is 204 g/mol. The number of hydrogen-bond acceptors (Lipinski definition) is 3. The molecule has 0 aromatic rings. The molecule has 1 rings (SSSR count). The number of nitrogens with zero attached hydrogens (tertiary/aromatic N) is 2. The lowest BCUT2D eigenvalue weighted by Crippen LogP contribution is -2.49. The summed E-state index contributed by atoms with van der Waals surface area (Å²) in [6.07, 6.45) is 5.04. The van der Waals surface area contributed by atoms with Gasteiger partial charge in [-0.25, -0.2) is 4.79 Å². The van der Waals surface area contributed by atoms with Crippen LogP contribution in [0, 0.1) is 18.3 Å². The van der Waals surface area contributed by atoms with Crippen LogP contribution in [-0.2, 0) is 4.74 Å². The van der Waals surface area contributed by atoms with Crippen molar-refractivity contribution >= 4 is 6.09 Å². The first-order valence-corrected chi connectivity index (χ1v) is 5.71. The van der Waals surface area contributed by atoms with Gasteiger partial charge in [0.15, 0.2) is 0 Å². The highest BCUT2D eigenvalue weighted by atomic mass is 16.6. The highest BCUT2D eigenvalue weighted by Crippen LogP contribution is 2.04. The molecule has 1 aliphatic heterocycles. The molecule has 0 radical (unpaired) electrons. The molecule has 0 aromatic heterocycles. The van der Waals surface area contributed by atoms with Gasteiger partial charge in [0.2, 0.25) is 0 Å². The Morgan fingerprint density at radius 2 is 2.00 bits per heavy atom. The average Bonchev–Trinajstić information content (AvgIpc) is 2.27. The largest absolute Gasteiger partial charge is 0.449 e. The third-order valence-electron chi connectivity index (χ3n) is 2.49. The van der Waals surface area contributed by atoms with Gasteiger partial charge in [-0.05, 0) is 5.92 Å². The lowest BCUT2D eigenvalue weighted by molar-refractivity contribution is 0.0718. The summed E-state index contributed by atoms with van der Waals surface area (Å²) in [6.45, 7) is 8.29. The number of hydrogen-bond donors (Lipinski definition) is 0. The van der Waals surface area contributed by atoms with E-state index in [2.05, 4.69) is 10.8 Å². The van der Waals surface area contributed by atoms with E-state index in [1.165, 1.54) is 0 Å². The van der Waals surface area contributed by atoms with Crippen LogP contribution in [0.3, 0.4) is 0 Å². The average molecular weight is 224 g/mol. The Labute approximate surface area is 97.5 Å². The monoisotopic (exact) mass is 224 g/mol. The quantitative estimate of drug-likeness (QED) is 0.671. The Kier molecular flexibility index (Phi) is 5.13. The molecule has 90 valence electrons. The molecule has 0 N–H and O–H groups in total. The van der Waals surface area contributed by atoms with E-state index in [0.29, 0.717) is 32.2 Å². The minimum atomic E-state index is -0.200. The SMILES string of the molecule is C#CCN1CCN(C(=O)OCC(C)C)CC1. The Balaban J connectivity index is 2.25. The van der Waals surface area contributed by atoms with Gasteiger partial charge >= 0.3 is 6.09 Å². The maximum Gasteiger partial charge on any atom is 0.409 e. The third kappa shape index (κ3) is 4.11. The van der Waals surface area contributed by atoms with E-state index in [9.17, 15) is 4.79 Å². The second kappa shape index (κ2) is 6.39. The van der Waals surface area contributed by atoms with Crippen molar-refractivity contribution in [2.45, 2.75) is 13.8 Å². The van der Waals surface area contributed by atoms with Crippen molar-refractivity contribution in [2.24, 2.45) is 5.92 Å². The van der Waals surface area contributed by atoms with Crippen LogP contribution in [0.15, 0.2) is 0 Å². The highest BCUT2D eigenvalue weighted by molar-refractivity contribution is 5.67. The van der Waals surface area contributed by atoms with Gasteiger partial charge < -0.3 is 9.64 Å². The van der Waals surface area contributed by atoms with E-state index in [0.717, 1.165) is 13.1 Å². The van der Waals surface area contributed by atoms with E-state index in [-0.39, 0.29) is 6.09 Å². The summed E-state index contributed by atoms with van der Waals surface area (Å²) in [5.74, 6) is 2.99. The fraction of sp³-hybridized carbons (Fsp3) is 0.750. The number of rotatable bonds is 3. The molecule has 16 heavy (non-hydrogen) atoms. The number of amides is 1. The number of carbonyl (C=O) groups is 1. The van der Waals surface area contributed by atoms with E-state index in [1.807, 2.05) is 13.8 Å². The second-order valence-electron chi connectivity index (χ2n) is 4.44. The van der Waals surface area contributed by atoms with Crippen LogP contribution in [0.25, 0.3) is 0 Å². The molecule has 1 amide bonds. The Morgan fingerprint density at radius 3 is 2.50 bits per heavy atom. The summed E-state index contributed by atoms with van der Waals surface area (Å²) in [4.78, 5) is 15.5. The number of terminal acetylenes is 1. The van der Waals surface area contributed by atoms with Crippen molar-refractivity contribution in [3.05, 3.63) is 0 Å². The number of ether oxygens (including phenoxy) is 1. The van der Waals surface area contributed by atoms with Crippen molar-refractivity contribution in [2.75, 3.05) is 39.3 Å². The molecular formula is C12H20N2O2. The second-order valence-corrected chi connectivity index (χ2v) is 4.44. The first-order chi connectivity index (χ1) is 7.63. The zero-order chi connectivity index (χ0) is 12.0. The predicted molar refractivity (Wildman–Crippen MR) is 63.0 cm³/mol. The van der Waals surface area contributed by atoms with Gasteiger partial charge in [0, 0.05) is 26.2 Å². The van der Waals surface area contributed by atoms with Gasteiger partial charge in [0.25, 0.3) is 0 Å². The van der Waals surface area contributed by atoms with Gasteiger partial charge in [-0.15, -0.1) is 6.42 Å². The summed E-state index contributed by atoms with van der Waals surface area (Å²) in [6, 6.07) is 0. The smallest absolute Gasteiger partial charge is 0.409 e. The summed E-state index contributed by atoms with van der Waals surface area (Å²) < 4.78 is 5.17. The fourth-order valence-corrected chi connectivity index (χ4v) is 1.55. The van der Waals surface area contributed by atoms with Gasteiger partial charge in [0.05, 0.1) is 13.2 Å². The zero-order valence-electron chi connectivity index (χ0n) is 10.1. The lowest BCUT2D eigenvalue weighted by atomic mass is 10.2. The molecule has 0 aliphatic carbocycles. The predicted octanol–water partition coefficient (Wildman–Crippen LogP) is 1.03. The van der Waals surface area contributed by atoms with Crippen molar-refractivity contribution in [3.8, 4) is 12.3 Å². The standard InChI is InChI=1S/C12H20N2O2/c1-4-5-13-6-8-14(9-7-13)12(15)16-10-11(2)3/h1,11H,5-10H2,2-3H3. The summed E-state index contributed by atoms with van der Waals surface area (Å²) in [5.41, 5.74) is 0. The van der Waals surface area contributed by atoms with Crippen LogP contribution in [0.1, 0.15) is 13.8 Å². The molecule has 1 aliphatic rings. The van der Waals surface area contributed by atoms with Gasteiger partial charge in [-0.2, -0.15) is 0 Å². The van der Waals surface area contributed by atoms with Crippen molar-refractivity contribution in [1.29, 1.82) is 0 Å². The van der Waals surface area contributed by atoms with E-state index >= 15 is 0 Å². The molecule has 4 heteroatoms. The number of carbonyl (C=O) groups excluding carboxylic acids is 1. The minimum absolute atomic E-state index is 0.200. The maximum atomic E-state index is 11.6. The van der Waals surface area contributed by atoms with Crippen LogP contribution in [0.2, 0.25) is 0 Å². The Hall–Kier alpha value is -1.21. The summed E-state index contributed by atoms with van der Waals surface area (Å²) in [5, 5.41) is 0. The molecule has 1 heterocycles. The fourth-order valence-electron chi connectivity index (χ4n) is 1.55. The van der Waals surface area contributed by atoms with Crippen LogP contribution in [0.4, 0.5) is 4.79 Å². The first-order valence-electron chi connectivity index (χ1n) is 5.71. The van der Waals surface area contributed by atoms with Crippen molar-refractivity contribution < 1.29 is 9.53 Å². The van der Waals surface area contributed by atoms with Gasteiger partial charge in [-0.1, -0.05) is 19.8 Å². The van der Waals surface area contributed by atoms with E-state index < -0.39 is 0 Å². The molecule has 1 saturated heterocycles. The Bertz CT molecular complexity index is 263. The van der Waals surface area contributed by atoms with Gasteiger partial charge in [-0.3, -0.25) is 4.90 Å². The van der Waals surface area contributed by atoms with Crippen LogP contribution in [0.5, 0.6) is 0 Å². The molecule has 1 fully saturated rings. The highest BCUT2D eigenvalue weighted by Gasteiger charge is 2.21. The van der Waals surface area contributed by atoms with Gasteiger partial charge in [0.1, 0.15) is 0 Å². The number of piperazine rings is 1. The molecule has 0 saturated carbocycles. The van der Waals surface area contributed by atoms with Crippen LogP contribution < -0.4 is 0 Å². The maximum absolute atomic E-state index is 11.6. The van der Waals surface area contributed by atoms with E-state index in [4.69, 9.17) is 11.2 Å². The van der Waals surface area contributed by atoms with Crippen LogP contribution in [-0.4, -0.2) is 55.2 Å². The summed E-state index contributed by atoms with van der Waals surface area (Å²) in [7, 11) is 0. The van der Waals surface area contributed by atoms with Crippen molar-refractivity contribution in [1.82, 2.24) is 9.80 Å². The molecule has 0 spiro atoms. The first kappa shape index (κ1) is 12.9. The molecule has 4 nitrogen and oxygen atoms in total. The molecule has 0 bridgehead atoms. The van der Waals surface area contributed by atoms with Crippen molar-refractivity contribution in [3.63, 3.8) is 0 Å². The topological polar surface area (TPSA) is 32.8 Å².